The molecule has 0 radical (unpaired) electrons. The SMILES string of the molecule is CCCCCCCCCCCCCC[C@@H](O)[C@@H](O)[C@H](COC1OC(COCCCCCCN)C(O)C(O)C1O)NC(=O)CCCCCCCCCCCCCCCCCCCCc1ccccc1. The number of hydrogen-bond acceptors (Lipinski definition) is 10. The van der Waals surface area contributed by atoms with Crippen LogP contribution in [0, 0.1) is 0 Å². The fourth-order valence-corrected chi connectivity index (χ4v) is 9.52. The number of ether oxygens (including phenoxy) is 3. The lowest BCUT2D eigenvalue weighted by Gasteiger charge is -2.40. The van der Waals surface area contributed by atoms with Gasteiger partial charge in [0.05, 0.1) is 25.4 Å². The van der Waals surface area contributed by atoms with E-state index in [1.807, 2.05) is 0 Å². The second-order valence-electron chi connectivity index (χ2n) is 20.4. The van der Waals surface area contributed by atoms with E-state index in [-0.39, 0.29) is 19.1 Å². The zero-order valence-electron chi connectivity index (χ0n) is 43.4. The van der Waals surface area contributed by atoms with Crippen LogP contribution < -0.4 is 11.1 Å². The summed E-state index contributed by atoms with van der Waals surface area (Å²) in [5.74, 6) is -0.233. The molecule has 8 atom stereocenters. The molecule has 1 aliphatic heterocycles. The van der Waals surface area contributed by atoms with Gasteiger partial charge in [0, 0.05) is 13.0 Å². The summed E-state index contributed by atoms with van der Waals surface area (Å²) < 4.78 is 17.5. The minimum Gasteiger partial charge on any atom is -0.390 e. The number of nitrogens with two attached hydrogens (primary N) is 1. The molecule has 8 N–H and O–H groups in total. The van der Waals surface area contributed by atoms with Gasteiger partial charge in [0.1, 0.15) is 30.5 Å². The number of aryl methyl sites for hydroxylation is 1. The fourth-order valence-electron chi connectivity index (χ4n) is 9.52. The fraction of sp³-hybridized carbons (Fsp3) is 0.877. The first-order chi connectivity index (χ1) is 33.3. The molecule has 1 aliphatic rings. The molecule has 0 bridgehead atoms. The van der Waals surface area contributed by atoms with E-state index in [0.29, 0.717) is 26.0 Å². The Morgan fingerprint density at radius 2 is 1.07 bits per heavy atom. The summed E-state index contributed by atoms with van der Waals surface area (Å²) in [4.78, 5) is 13.2. The van der Waals surface area contributed by atoms with Gasteiger partial charge >= 0.3 is 0 Å². The van der Waals surface area contributed by atoms with Crippen LogP contribution in [0.1, 0.15) is 244 Å². The van der Waals surface area contributed by atoms with Crippen molar-refractivity contribution in [3.8, 4) is 0 Å². The highest BCUT2D eigenvalue weighted by Gasteiger charge is 2.45. The van der Waals surface area contributed by atoms with E-state index < -0.39 is 49.0 Å². The molecule has 0 aliphatic carbocycles. The predicted molar refractivity (Wildman–Crippen MR) is 278 cm³/mol. The number of rotatable bonds is 48. The third-order valence-electron chi connectivity index (χ3n) is 14.1. The van der Waals surface area contributed by atoms with Crippen LogP contribution in [0.3, 0.4) is 0 Å². The first-order valence-corrected chi connectivity index (χ1v) is 28.6. The normalized spacial score (nSPS) is 19.8. The maximum atomic E-state index is 13.2. The summed E-state index contributed by atoms with van der Waals surface area (Å²) in [6.07, 6.45) is 33.6. The summed E-state index contributed by atoms with van der Waals surface area (Å²) in [7, 11) is 0. The third kappa shape index (κ3) is 32.3. The Bertz CT molecular complexity index is 1250. The number of carbonyl (C=O) groups is 1. The van der Waals surface area contributed by atoms with Crippen molar-refractivity contribution < 1.29 is 44.5 Å². The van der Waals surface area contributed by atoms with E-state index in [0.717, 1.165) is 64.2 Å². The Kier molecular flexibility index (Phi) is 40.5. The van der Waals surface area contributed by atoms with Crippen molar-refractivity contribution in [3.05, 3.63) is 35.9 Å². The minimum absolute atomic E-state index is 0.000433. The Balaban J connectivity index is 1.66. The Labute approximate surface area is 415 Å². The molecule has 2 rings (SSSR count). The minimum atomic E-state index is -1.56. The van der Waals surface area contributed by atoms with Crippen molar-refractivity contribution >= 4 is 5.91 Å². The summed E-state index contributed by atoms with van der Waals surface area (Å²) in [5.41, 5.74) is 7.04. The van der Waals surface area contributed by atoms with Crippen LogP contribution >= 0.6 is 0 Å². The van der Waals surface area contributed by atoms with Gasteiger partial charge in [0.15, 0.2) is 6.29 Å². The van der Waals surface area contributed by atoms with Gasteiger partial charge in [-0.2, -0.15) is 0 Å². The molecule has 0 saturated carbocycles. The van der Waals surface area contributed by atoms with Crippen LogP contribution in [0.15, 0.2) is 30.3 Å². The van der Waals surface area contributed by atoms with Crippen molar-refractivity contribution in [2.24, 2.45) is 5.73 Å². The van der Waals surface area contributed by atoms with E-state index in [1.54, 1.807) is 0 Å². The maximum Gasteiger partial charge on any atom is 0.220 e. The molecular weight excluding hydrogens is 857 g/mol. The first-order valence-electron chi connectivity index (χ1n) is 28.6. The molecule has 5 unspecified atom stereocenters. The quantitative estimate of drug-likeness (QED) is 0.0310. The van der Waals surface area contributed by atoms with Crippen molar-refractivity contribution in [2.45, 2.75) is 293 Å². The molecule has 1 fully saturated rings. The Hall–Kier alpha value is -1.67. The molecule has 1 amide bonds. The number of benzene rings is 1. The van der Waals surface area contributed by atoms with Crippen molar-refractivity contribution in [1.29, 1.82) is 0 Å². The highest BCUT2D eigenvalue weighted by molar-refractivity contribution is 5.76. The predicted octanol–water partition coefficient (Wildman–Crippen LogP) is 11.3. The number of aliphatic hydroxyl groups is 5. The van der Waals surface area contributed by atoms with Gasteiger partial charge in [-0.25, -0.2) is 0 Å². The highest BCUT2D eigenvalue weighted by atomic mass is 16.7. The lowest BCUT2D eigenvalue weighted by molar-refractivity contribution is -0.304. The average Bonchev–Trinajstić information content (AvgIpc) is 3.34. The topological polar surface area (TPSA) is 184 Å². The lowest BCUT2D eigenvalue weighted by atomic mass is 9.98. The standard InChI is InChI=1S/C57H106N2O9/c1-2-3-4-5-6-7-8-18-21-24-27-35-42-50(60)53(62)49(46-67-57-56(65)55(64)54(63)51(68-57)47-66-45-38-30-29-37-44-58)59-52(61)43-36-28-25-22-19-16-14-12-10-9-11-13-15-17-20-23-26-32-39-48-40-33-31-34-41-48/h31,33-34,40-41,49-51,53-57,60,62-65H,2-30,32,35-39,42-47,58H2,1H3,(H,59,61)/t49-,50+,51?,53-,54?,55?,56?,57?/m0/s1. The summed E-state index contributed by atoms with van der Waals surface area (Å²) >= 11 is 0. The molecule has 1 saturated heterocycles. The molecule has 1 aromatic carbocycles. The Morgan fingerprint density at radius 3 is 1.60 bits per heavy atom. The van der Waals surface area contributed by atoms with E-state index in [1.165, 1.54) is 166 Å². The number of amides is 1. The zero-order chi connectivity index (χ0) is 49.1. The lowest BCUT2D eigenvalue weighted by Crippen LogP contribution is -2.60. The number of carbonyl (C=O) groups excluding carboxylic acids is 1. The maximum absolute atomic E-state index is 13.2. The molecule has 398 valence electrons. The molecule has 68 heavy (non-hydrogen) atoms. The largest absolute Gasteiger partial charge is 0.390 e. The average molecular weight is 963 g/mol. The third-order valence-corrected chi connectivity index (χ3v) is 14.1. The van der Waals surface area contributed by atoms with Crippen LogP contribution in [0.25, 0.3) is 0 Å². The Morgan fingerprint density at radius 1 is 0.603 bits per heavy atom. The summed E-state index contributed by atoms with van der Waals surface area (Å²) in [6, 6.07) is 9.87. The van der Waals surface area contributed by atoms with Crippen LogP contribution in [-0.4, -0.2) is 107 Å². The zero-order valence-corrected chi connectivity index (χ0v) is 43.4. The summed E-state index contributed by atoms with van der Waals surface area (Å²) in [5, 5.41) is 57.4. The molecule has 1 heterocycles. The first kappa shape index (κ1) is 62.4. The van der Waals surface area contributed by atoms with Crippen molar-refractivity contribution in [1.82, 2.24) is 5.32 Å². The van der Waals surface area contributed by atoms with E-state index >= 15 is 0 Å². The molecule has 0 spiro atoms. The van der Waals surface area contributed by atoms with Crippen molar-refractivity contribution in [3.63, 3.8) is 0 Å². The van der Waals surface area contributed by atoms with E-state index in [4.69, 9.17) is 19.9 Å². The molecule has 11 nitrogen and oxygen atoms in total. The molecule has 11 heteroatoms. The molecular formula is C57H106N2O9. The highest BCUT2D eigenvalue weighted by Crippen LogP contribution is 2.24. The second kappa shape index (κ2) is 44.1. The number of unbranched alkanes of at least 4 members (excludes halogenated alkanes) is 31. The summed E-state index contributed by atoms with van der Waals surface area (Å²) in [6.45, 7) is 3.09. The number of nitrogens with one attached hydrogen (secondary N) is 1. The van der Waals surface area contributed by atoms with Gasteiger partial charge in [-0.1, -0.05) is 230 Å². The van der Waals surface area contributed by atoms with Crippen LogP contribution in [0.4, 0.5) is 0 Å². The van der Waals surface area contributed by atoms with Gasteiger partial charge in [0.2, 0.25) is 5.91 Å². The smallest absolute Gasteiger partial charge is 0.220 e. The molecule has 0 aromatic heterocycles. The number of hydrogen-bond donors (Lipinski definition) is 7. The van der Waals surface area contributed by atoms with Crippen LogP contribution in [0.5, 0.6) is 0 Å². The van der Waals surface area contributed by atoms with Crippen molar-refractivity contribution in [2.75, 3.05) is 26.4 Å². The van der Waals surface area contributed by atoms with Crippen LogP contribution in [-0.2, 0) is 25.4 Å². The van der Waals surface area contributed by atoms with Gasteiger partial charge in [-0.05, 0) is 50.6 Å². The second-order valence-corrected chi connectivity index (χ2v) is 20.4. The monoisotopic (exact) mass is 963 g/mol. The van der Waals surface area contributed by atoms with Gasteiger partial charge in [-0.15, -0.1) is 0 Å². The molecule has 1 aromatic rings. The number of aliphatic hydroxyl groups excluding tert-OH is 5. The van der Waals surface area contributed by atoms with E-state index in [9.17, 15) is 30.3 Å². The van der Waals surface area contributed by atoms with Crippen LogP contribution in [0.2, 0.25) is 0 Å². The van der Waals surface area contributed by atoms with Gasteiger partial charge in [-0.3, -0.25) is 4.79 Å². The van der Waals surface area contributed by atoms with E-state index in [2.05, 4.69) is 42.6 Å². The van der Waals surface area contributed by atoms with Gasteiger partial charge < -0.3 is 50.8 Å². The van der Waals surface area contributed by atoms with Gasteiger partial charge in [0.25, 0.3) is 0 Å².